The lowest BCUT2D eigenvalue weighted by Crippen LogP contribution is -2.08. The lowest BCUT2D eigenvalue weighted by atomic mass is 9.96. The molecule has 3 nitrogen and oxygen atoms in total. The summed E-state index contributed by atoms with van der Waals surface area (Å²) in [6.07, 6.45) is 0. The van der Waals surface area contributed by atoms with Crippen molar-refractivity contribution < 1.29 is 9.53 Å². The van der Waals surface area contributed by atoms with Crippen LogP contribution < -0.4 is 5.73 Å². The second-order valence-corrected chi connectivity index (χ2v) is 4.03. The summed E-state index contributed by atoms with van der Waals surface area (Å²) < 4.78 is 4.77. The molecule has 0 spiro atoms. The standard InChI is InChI=1S/C14H15NO2.ClH/c1-9(15)10-7-8-13(14(16)17-2)12-6-4-3-5-11(10)12;/h3-9H,15H2,1-2H3;1H/t9-;/m1./s1. The lowest BCUT2D eigenvalue weighted by Gasteiger charge is -2.12. The molecule has 0 saturated carbocycles. The Hall–Kier alpha value is -1.58. The van der Waals surface area contributed by atoms with Gasteiger partial charge in [-0.05, 0) is 29.3 Å². The van der Waals surface area contributed by atoms with E-state index in [1.165, 1.54) is 7.11 Å². The van der Waals surface area contributed by atoms with E-state index in [0.717, 1.165) is 16.3 Å². The van der Waals surface area contributed by atoms with Crippen LogP contribution in [0.3, 0.4) is 0 Å². The van der Waals surface area contributed by atoms with Crippen molar-refractivity contribution in [2.75, 3.05) is 7.11 Å². The molecule has 2 aromatic carbocycles. The quantitative estimate of drug-likeness (QED) is 0.849. The Labute approximate surface area is 112 Å². The molecular weight excluding hydrogens is 250 g/mol. The first-order valence-electron chi connectivity index (χ1n) is 5.50. The molecule has 0 radical (unpaired) electrons. The van der Waals surface area contributed by atoms with Crippen LogP contribution in [-0.4, -0.2) is 13.1 Å². The number of carbonyl (C=O) groups is 1. The molecular formula is C14H16ClNO2. The molecule has 0 unspecified atom stereocenters. The van der Waals surface area contributed by atoms with Crippen molar-refractivity contribution in [1.82, 2.24) is 0 Å². The van der Waals surface area contributed by atoms with Crippen LogP contribution in [0.1, 0.15) is 28.9 Å². The fourth-order valence-corrected chi connectivity index (χ4v) is 2.01. The number of fused-ring (bicyclic) bond motifs is 1. The van der Waals surface area contributed by atoms with E-state index in [2.05, 4.69) is 0 Å². The maximum absolute atomic E-state index is 11.7. The van der Waals surface area contributed by atoms with E-state index < -0.39 is 0 Å². The smallest absolute Gasteiger partial charge is 0.338 e. The second kappa shape index (κ2) is 5.85. The van der Waals surface area contributed by atoms with E-state index in [1.807, 2.05) is 37.3 Å². The largest absolute Gasteiger partial charge is 0.465 e. The molecule has 0 aliphatic rings. The highest BCUT2D eigenvalue weighted by Crippen LogP contribution is 2.26. The molecule has 1 atom stereocenters. The Balaban J connectivity index is 0.00000162. The number of carbonyl (C=O) groups excluding carboxylic acids is 1. The number of benzene rings is 2. The molecule has 0 aliphatic carbocycles. The Morgan fingerprint density at radius 2 is 1.78 bits per heavy atom. The Bertz CT molecular complexity index is 567. The number of ether oxygens (including phenoxy) is 1. The van der Waals surface area contributed by atoms with Crippen molar-refractivity contribution >= 4 is 29.1 Å². The molecule has 2 rings (SSSR count). The minimum Gasteiger partial charge on any atom is -0.465 e. The Morgan fingerprint density at radius 3 is 2.33 bits per heavy atom. The molecule has 96 valence electrons. The maximum Gasteiger partial charge on any atom is 0.338 e. The van der Waals surface area contributed by atoms with Gasteiger partial charge >= 0.3 is 5.97 Å². The highest BCUT2D eigenvalue weighted by Gasteiger charge is 2.13. The van der Waals surface area contributed by atoms with Gasteiger partial charge in [0.1, 0.15) is 0 Å². The fourth-order valence-electron chi connectivity index (χ4n) is 2.01. The third kappa shape index (κ3) is 2.47. The van der Waals surface area contributed by atoms with Crippen LogP contribution in [0.5, 0.6) is 0 Å². The zero-order chi connectivity index (χ0) is 12.4. The average molecular weight is 266 g/mol. The summed E-state index contributed by atoms with van der Waals surface area (Å²) in [7, 11) is 1.39. The van der Waals surface area contributed by atoms with E-state index in [0.29, 0.717) is 5.56 Å². The summed E-state index contributed by atoms with van der Waals surface area (Å²) in [4.78, 5) is 11.7. The average Bonchev–Trinajstić information content (AvgIpc) is 2.36. The topological polar surface area (TPSA) is 52.3 Å². The van der Waals surface area contributed by atoms with Gasteiger partial charge in [-0.1, -0.05) is 30.3 Å². The normalized spacial score (nSPS) is 11.7. The molecule has 0 heterocycles. The van der Waals surface area contributed by atoms with Crippen LogP contribution in [0.25, 0.3) is 10.8 Å². The van der Waals surface area contributed by atoms with Crippen molar-refractivity contribution in [3.63, 3.8) is 0 Å². The zero-order valence-electron chi connectivity index (χ0n) is 10.3. The molecule has 2 aromatic rings. The summed E-state index contributed by atoms with van der Waals surface area (Å²) >= 11 is 0. The molecule has 0 aliphatic heterocycles. The van der Waals surface area contributed by atoms with Gasteiger partial charge in [-0.3, -0.25) is 0 Å². The minimum atomic E-state index is -0.322. The molecule has 0 bridgehead atoms. The van der Waals surface area contributed by atoms with Crippen molar-refractivity contribution in [3.8, 4) is 0 Å². The summed E-state index contributed by atoms with van der Waals surface area (Å²) in [6, 6.07) is 11.3. The molecule has 0 aromatic heterocycles. The number of rotatable bonds is 2. The summed E-state index contributed by atoms with van der Waals surface area (Å²) in [5.41, 5.74) is 7.53. The number of methoxy groups -OCH3 is 1. The van der Waals surface area contributed by atoms with Gasteiger partial charge in [0, 0.05) is 6.04 Å². The minimum absolute atomic E-state index is 0. The SMILES string of the molecule is COC(=O)c1ccc([C@@H](C)N)c2ccccc12.Cl. The third-order valence-corrected chi connectivity index (χ3v) is 2.85. The van der Waals surface area contributed by atoms with E-state index in [1.54, 1.807) is 6.07 Å². The first-order valence-corrected chi connectivity index (χ1v) is 5.50. The Kier molecular flexibility index (Phi) is 4.70. The van der Waals surface area contributed by atoms with Crippen LogP contribution in [0.4, 0.5) is 0 Å². The van der Waals surface area contributed by atoms with Crippen LogP contribution in [0.15, 0.2) is 36.4 Å². The van der Waals surface area contributed by atoms with Crippen LogP contribution >= 0.6 is 12.4 Å². The van der Waals surface area contributed by atoms with Gasteiger partial charge < -0.3 is 10.5 Å². The van der Waals surface area contributed by atoms with Crippen molar-refractivity contribution in [2.45, 2.75) is 13.0 Å². The lowest BCUT2D eigenvalue weighted by molar-refractivity contribution is 0.0603. The monoisotopic (exact) mass is 265 g/mol. The molecule has 0 saturated heterocycles. The predicted octanol–water partition coefficient (Wildman–Crippen LogP) is 3.07. The van der Waals surface area contributed by atoms with Crippen LogP contribution in [0, 0.1) is 0 Å². The number of halogens is 1. The third-order valence-electron chi connectivity index (χ3n) is 2.85. The zero-order valence-corrected chi connectivity index (χ0v) is 11.2. The highest BCUT2D eigenvalue weighted by atomic mass is 35.5. The van der Waals surface area contributed by atoms with E-state index in [-0.39, 0.29) is 24.4 Å². The van der Waals surface area contributed by atoms with Crippen molar-refractivity contribution in [3.05, 3.63) is 47.5 Å². The van der Waals surface area contributed by atoms with Gasteiger partial charge in [-0.15, -0.1) is 12.4 Å². The molecule has 18 heavy (non-hydrogen) atoms. The van der Waals surface area contributed by atoms with Crippen LogP contribution in [-0.2, 0) is 4.74 Å². The summed E-state index contributed by atoms with van der Waals surface area (Å²) in [6.45, 7) is 1.93. The van der Waals surface area contributed by atoms with Gasteiger partial charge in [-0.2, -0.15) is 0 Å². The van der Waals surface area contributed by atoms with Gasteiger partial charge in [0.25, 0.3) is 0 Å². The van der Waals surface area contributed by atoms with Gasteiger partial charge in [-0.25, -0.2) is 4.79 Å². The highest BCUT2D eigenvalue weighted by molar-refractivity contribution is 6.05. The van der Waals surface area contributed by atoms with Crippen LogP contribution in [0.2, 0.25) is 0 Å². The van der Waals surface area contributed by atoms with E-state index in [4.69, 9.17) is 10.5 Å². The number of esters is 1. The van der Waals surface area contributed by atoms with Gasteiger partial charge in [0.15, 0.2) is 0 Å². The summed E-state index contributed by atoms with van der Waals surface area (Å²) in [5, 5.41) is 1.89. The fraction of sp³-hybridized carbons (Fsp3) is 0.214. The maximum atomic E-state index is 11.7. The molecule has 0 fully saturated rings. The summed E-state index contributed by atoms with van der Waals surface area (Å²) in [5.74, 6) is -0.322. The molecule has 0 amide bonds. The molecule has 4 heteroatoms. The van der Waals surface area contributed by atoms with Crippen molar-refractivity contribution in [2.24, 2.45) is 5.73 Å². The van der Waals surface area contributed by atoms with Gasteiger partial charge in [0.2, 0.25) is 0 Å². The number of hydrogen-bond donors (Lipinski definition) is 1. The predicted molar refractivity (Wildman–Crippen MR) is 75.1 cm³/mol. The molecule has 2 N–H and O–H groups in total. The first-order chi connectivity index (χ1) is 8.15. The number of nitrogens with two attached hydrogens (primary N) is 1. The first kappa shape index (κ1) is 14.5. The van der Waals surface area contributed by atoms with E-state index >= 15 is 0 Å². The van der Waals surface area contributed by atoms with Gasteiger partial charge in [0.05, 0.1) is 12.7 Å². The second-order valence-electron chi connectivity index (χ2n) is 4.03. The number of hydrogen-bond acceptors (Lipinski definition) is 3. The van der Waals surface area contributed by atoms with Crippen molar-refractivity contribution in [1.29, 1.82) is 0 Å². The Morgan fingerprint density at radius 1 is 1.17 bits per heavy atom. The van der Waals surface area contributed by atoms with E-state index in [9.17, 15) is 4.79 Å².